The van der Waals surface area contributed by atoms with Crippen LogP contribution in [-0.2, 0) is 4.79 Å². The van der Waals surface area contributed by atoms with Gasteiger partial charge in [-0.05, 0) is 0 Å². The first-order valence-corrected chi connectivity index (χ1v) is 3.40. The normalized spacial score (nSPS) is 12.2. The highest BCUT2D eigenvalue weighted by Gasteiger charge is 2.19. The van der Waals surface area contributed by atoms with E-state index in [0.29, 0.717) is 0 Å². The van der Waals surface area contributed by atoms with Crippen LogP contribution in [0.25, 0.3) is 0 Å². The summed E-state index contributed by atoms with van der Waals surface area (Å²) >= 11 is 0. The standard InChI is InChI=1S/C8H9F2NO/c1-5(3-7(9)10)8(12)6(2)4-11/h5,7H,2-3H2,1H3. The summed E-state index contributed by atoms with van der Waals surface area (Å²) in [7, 11) is 0. The molecule has 12 heavy (non-hydrogen) atoms. The van der Waals surface area contributed by atoms with E-state index < -0.39 is 24.5 Å². The fourth-order valence-corrected chi connectivity index (χ4v) is 0.727. The SMILES string of the molecule is C=C(C#N)C(=O)C(C)CC(F)F. The molecule has 4 heteroatoms. The fraction of sp³-hybridized carbons (Fsp3) is 0.500. The molecule has 0 fully saturated rings. The topological polar surface area (TPSA) is 40.9 Å². The van der Waals surface area contributed by atoms with E-state index in [0.717, 1.165) is 0 Å². The van der Waals surface area contributed by atoms with Crippen LogP contribution in [0.3, 0.4) is 0 Å². The van der Waals surface area contributed by atoms with Crippen molar-refractivity contribution in [1.29, 1.82) is 5.26 Å². The molecule has 0 heterocycles. The maximum absolute atomic E-state index is 11.7. The molecule has 66 valence electrons. The molecule has 0 radical (unpaired) electrons. The van der Waals surface area contributed by atoms with Gasteiger partial charge in [0.1, 0.15) is 6.07 Å². The molecule has 0 aliphatic rings. The Bertz CT molecular complexity index is 230. The first kappa shape index (κ1) is 10.8. The van der Waals surface area contributed by atoms with Crippen LogP contribution >= 0.6 is 0 Å². The number of hydrogen-bond donors (Lipinski definition) is 0. The summed E-state index contributed by atoms with van der Waals surface area (Å²) in [6, 6.07) is 1.53. The number of hydrogen-bond acceptors (Lipinski definition) is 2. The molecule has 0 amide bonds. The molecule has 0 aromatic rings. The van der Waals surface area contributed by atoms with Gasteiger partial charge in [-0.2, -0.15) is 5.26 Å². The smallest absolute Gasteiger partial charge is 0.239 e. The largest absolute Gasteiger partial charge is 0.293 e. The van der Waals surface area contributed by atoms with Crippen LogP contribution in [0.1, 0.15) is 13.3 Å². The highest BCUT2D eigenvalue weighted by molar-refractivity contribution is 5.99. The van der Waals surface area contributed by atoms with Crippen molar-refractivity contribution in [3.05, 3.63) is 12.2 Å². The molecule has 2 nitrogen and oxygen atoms in total. The zero-order valence-corrected chi connectivity index (χ0v) is 6.68. The number of allylic oxidation sites excluding steroid dienone is 1. The van der Waals surface area contributed by atoms with Crippen LogP contribution in [-0.4, -0.2) is 12.2 Å². The number of carbonyl (C=O) groups excluding carboxylic acids is 1. The summed E-state index contributed by atoms with van der Waals surface area (Å²) in [5, 5.41) is 8.23. The second kappa shape index (κ2) is 4.60. The molecule has 1 unspecified atom stereocenters. The van der Waals surface area contributed by atoms with Gasteiger partial charge in [-0.3, -0.25) is 4.79 Å². The molecule has 0 aliphatic heterocycles. The van der Waals surface area contributed by atoms with Gasteiger partial charge in [-0.15, -0.1) is 0 Å². The van der Waals surface area contributed by atoms with Gasteiger partial charge in [0, 0.05) is 12.3 Å². The maximum Gasteiger partial charge on any atom is 0.239 e. The predicted molar refractivity (Wildman–Crippen MR) is 39.5 cm³/mol. The number of nitriles is 1. The van der Waals surface area contributed by atoms with Gasteiger partial charge >= 0.3 is 0 Å². The van der Waals surface area contributed by atoms with E-state index in [-0.39, 0.29) is 5.57 Å². The summed E-state index contributed by atoms with van der Waals surface area (Å²) in [6.07, 6.45) is -3.03. The van der Waals surface area contributed by atoms with Gasteiger partial charge in [0.2, 0.25) is 6.43 Å². The van der Waals surface area contributed by atoms with E-state index in [1.54, 1.807) is 0 Å². The number of carbonyl (C=O) groups is 1. The minimum Gasteiger partial charge on any atom is -0.293 e. The van der Waals surface area contributed by atoms with Crippen LogP contribution in [0.2, 0.25) is 0 Å². The van der Waals surface area contributed by atoms with Gasteiger partial charge in [0.15, 0.2) is 5.78 Å². The Hall–Kier alpha value is -1.24. The van der Waals surface area contributed by atoms with Crippen molar-refractivity contribution in [3.8, 4) is 6.07 Å². The molecule has 0 aliphatic carbocycles. The zero-order valence-electron chi connectivity index (χ0n) is 6.68. The molecule has 0 spiro atoms. The third kappa shape index (κ3) is 3.24. The number of rotatable bonds is 4. The molecule has 0 N–H and O–H groups in total. The lowest BCUT2D eigenvalue weighted by molar-refractivity contribution is -0.119. The highest BCUT2D eigenvalue weighted by atomic mass is 19.3. The Labute approximate surface area is 69.5 Å². The van der Waals surface area contributed by atoms with Gasteiger partial charge in [0.25, 0.3) is 0 Å². The molecule has 0 aromatic carbocycles. The summed E-state index contributed by atoms with van der Waals surface area (Å²) in [5.74, 6) is -1.42. The number of alkyl halides is 2. The van der Waals surface area contributed by atoms with Crippen LogP contribution in [0.4, 0.5) is 8.78 Å². The highest BCUT2D eigenvalue weighted by Crippen LogP contribution is 2.13. The molecular weight excluding hydrogens is 164 g/mol. The van der Waals surface area contributed by atoms with E-state index >= 15 is 0 Å². The average molecular weight is 173 g/mol. The minimum atomic E-state index is -2.52. The Morgan fingerprint density at radius 1 is 1.67 bits per heavy atom. The van der Waals surface area contributed by atoms with Crippen LogP contribution in [0.5, 0.6) is 0 Å². The molecule has 0 rings (SSSR count). The van der Waals surface area contributed by atoms with Crippen molar-refractivity contribution in [2.45, 2.75) is 19.8 Å². The van der Waals surface area contributed by atoms with Crippen LogP contribution < -0.4 is 0 Å². The Balaban J connectivity index is 4.13. The van der Waals surface area contributed by atoms with Gasteiger partial charge < -0.3 is 0 Å². The van der Waals surface area contributed by atoms with E-state index in [2.05, 4.69) is 6.58 Å². The molecular formula is C8H9F2NO. The van der Waals surface area contributed by atoms with E-state index in [4.69, 9.17) is 5.26 Å². The number of Topliss-reactive ketones (excluding diaryl/α,β-unsaturated/α-hetero) is 1. The van der Waals surface area contributed by atoms with E-state index in [1.165, 1.54) is 13.0 Å². The first-order valence-electron chi connectivity index (χ1n) is 3.40. The summed E-state index contributed by atoms with van der Waals surface area (Å²) in [6.45, 7) is 4.50. The fourth-order valence-electron chi connectivity index (χ4n) is 0.727. The Morgan fingerprint density at radius 2 is 2.17 bits per heavy atom. The van der Waals surface area contributed by atoms with E-state index in [1.807, 2.05) is 0 Å². The van der Waals surface area contributed by atoms with Gasteiger partial charge in [-0.1, -0.05) is 13.5 Å². The van der Waals surface area contributed by atoms with Crippen molar-refractivity contribution in [1.82, 2.24) is 0 Å². The molecule has 0 saturated carbocycles. The molecule has 0 aromatic heterocycles. The summed E-state index contributed by atoms with van der Waals surface area (Å²) in [4.78, 5) is 11.0. The number of ketones is 1. The summed E-state index contributed by atoms with van der Waals surface area (Å²) < 4.78 is 23.5. The van der Waals surface area contributed by atoms with Gasteiger partial charge in [0.05, 0.1) is 5.57 Å². The third-order valence-corrected chi connectivity index (χ3v) is 1.41. The second-order valence-corrected chi connectivity index (χ2v) is 2.48. The lowest BCUT2D eigenvalue weighted by Crippen LogP contribution is -2.15. The zero-order chi connectivity index (χ0) is 9.72. The monoisotopic (exact) mass is 173 g/mol. The van der Waals surface area contributed by atoms with Crippen molar-refractivity contribution < 1.29 is 13.6 Å². The molecule has 0 bridgehead atoms. The number of halogens is 2. The lowest BCUT2D eigenvalue weighted by atomic mass is 9.98. The van der Waals surface area contributed by atoms with Crippen LogP contribution in [0, 0.1) is 17.2 Å². The summed E-state index contributed by atoms with van der Waals surface area (Å²) in [5.41, 5.74) is -0.261. The van der Waals surface area contributed by atoms with Crippen molar-refractivity contribution in [3.63, 3.8) is 0 Å². The Morgan fingerprint density at radius 3 is 2.50 bits per heavy atom. The van der Waals surface area contributed by atoms with E-state index in [9.17, 15) is 13.6 Å². The Kier molecular flexibility index (Phi) is 4.12. The third-order valence-electron chi connectivity index (χ3n) is 1.41. The maximum atomic E-state index is 11.7. The minimum absolute atomic E-state index is 0.261. The average Bonchev–Trinajstić information content (AvgIpc) is 2.00. The lowest BCUT2D eigenvalue weighted by Gasteiger charge is -2.06. The number of nitrogens with zero attached hydrogens (tertiary/aromatic N) is 1. The molecule has 0 saturated heterocycles. The first-order chi connectivity index (χ1) is 5.49. The van der Waals surface area contributed by atoms with Gasteiger partial charge in [-0.25, -0.2) is 8.78 Å². The van der Waals surface area contributed by atoms with Crippen molar-refractivity contribution >= 4 is 5.78 Å². The predicted octanol–water partition coefficient (Wildman–Crippen LogP) is 1.93. The van der Waals surface area contributed by atoms with Crippen LogP contribution in [0.15, 0.2) is 12.2 Å². The second-order valence-electron chi connectivity index (χ2n) is 2.48. The quantitative estimate of drug-likeness (QED) is 0.481. The van der Waals surface area contributed by atoms with Crippen molar-refractivity contribution in [2.24, 2.45) is 5.92 Å². The molecule has 1 atom stereocenters. The van der Waals surface area contributed by atoms with Crippen molar-refractivity contribution in [2.75, 3.05) is 0 Å².